The molecule has 5 nitrogen and oxygen atoms in total. The Morgan fingerprint density at radius 2 is 2.08 bits per heavy atom. The number of nitrogens with one attached hydrogen (secondary N) is 1. The maximum Gasteiger partial charge on any atom is 0.132 e. The van der Waals surface area contributed by atoms with E-state index in [2.05, 4.69) is 45.3 Å². The maximum absolute atomic E-state index is 8.97. The summed E-state index contributed by atoms with van der Waals surface area (Å²) in [4.78, 5) is 11.0. The van der Waals surface area contributed by atoms with E-state index in [0.717, 1.165) is 56.0 Å². The number of nitrogens with zero attached hydrogens (tertiary/aromatic N) is 4. The number of rotatable bonds is 5. The van der Waals surface area contributed by atoms with Crippen molar-refractivity contribution >= 4 is 5.82 Å². The Bertz CT molecular complexity index is 714. The Balaban J connectivity index is 1.50. The monoisotopic (exact) mass is 321 g/mol. The number of benzene rings is 1. The summed E-state index contributed by atoms with van der Waals surface area (Å²) in [6.07, 6.45) is 4.81. The van der Waals surface area contributed by atoms with Crippen LogP contribution in [-0.2, 0) is 13.0 Å². The van der Waals surface area contributed by atoms with Crippen LogP contribution in [0.5, 0.6) is 0 Å². The van der Waals surface area contributed by atoms with Gasteiger partial charge in [-0.15, -0.1) is 0 Å². The molecule has 5 heteroatoms. The van der Waals surface area contributed by atoms with Crippen molar-refractivity contribution in [3.63, 3.8) is 0 Å². The van der Waals surface area contributed by atoms with Crippen molar-refractivity contribution < 1.29 is 0 Å². The molecule has 3 rings (SSSR count). The molecule has 0 amide bonds. The molecule has 0 unspecified atom stereocenters. The molecule has 24 heavy (non-hydrogen) atoms. The van der Waals surface area contributed by atoms with Gasteiger partial charge in [0.1, 0.15) is 12.1 Å². The second-order valence-corrected chi connectivity index (χ2v) is 6.18. The molecule has 0 radical (unpaired) electrons. The van der Waals surface area contributed by atoms with Crippen LogP contribution in [0.2, 0.25) is 0 Å². The van der Waals surface area contributed by atoms with Crippen molar-refractivity contribution in [1.29, 1.82) is 5.26 Å². The van der Waals surface area contributed by atoms with Crippen LogP contribution >= 0.6 is 0 Å². The predicted molar refractivity (Wildman–Crippen MR) is 94.6 cm³/mol. The third kappa shape index (κ3) is 4.09. The topological polar surface area (TPSA) is 64.8 Å². The van der Waals surface area contributed by atoms with E-state index in [4.69, 9.17) is 5.26 Å². The lowest BCUT2D eigenvalue weighted by Crippen LogP contribution is -2.42. The zero-order chi connectivity index (χ0) is 16.8. The van der Waals surface area contributed by atoms with Gasteiger partial charge in [0.15, 0.2) is 0 Å². The van der Waals surface area contributed by atoms with Gasteiger partial charge in [0.2, 0.25) is 0 Å². The van der Waals surface area contributed by atoms with Crippen LogP contribution in [0.25, 0.3) is 0 Å². The highest BCUT2D eigenvalue weighted by atomic mass is 15.2. The zero-order valence-electron chi connectivity index (χ0n) is 14.1. The molecule has 0 aliphatic carbocycles. The van der Waals surface area contributed by atoms with E-state index in [1.54, 1.807) is 6.33 Å². The molecule has 1 N–H and O–H groups in total. The van der Waals surface area contributed by atoms with Gasteiger partial charge >= 0.3 is 0 Å². The summed E-state index contributed by atoms with van der Waals surface area (Å²) < 4.78 is 0. The van der Waals surface area contributed by atoms with Crippen LogP contribution in [0, 0.1) is 11.3 Å². The van der Waals surface area contributed by atoms with Crippen molar-refractivity contribution in [1.82, 2.24) is 15.3 Å². The summed E-state index contributed by atoms with van der Waals surface area (Å²) in [6.45, 7) is 4.95. The highest BCUT2D eigenvalue weighted by Gasteiger charge is 2.20. The van der Waals surface area contributed by atoms with E-state index in [0.29, 0.717) is 6.04 Å². The summed E-state index contributed by atoms with van der Waals surface area (Å²) in [5.74, 6) is 1.04. The van der Waals surface area contributed by atoms with Crippen molar-refractivity contribution in [2.24, 2.45) is 0 Å². The minimum atomic E-state index is 0.513. The minimum Gasteiger partial charge on any atom is -0.356 e. The molecule has 2 heterocycles. The van der Waals surface area contributed by atoms with Gasteiger partial charge in [-0.25, -0.2) is 9.97 Å². The van der Waals surface area contributed by atoms with Gasteiger partial charge in [-0.05, 0) is 37.0 Å². The van der Waals surface area contributed by atoms with Crippen molar-refractivity contribution in [2.75, 3.05) is 18.0 Å². The van der Waals surface area contributed by atoms with E-state index in [1.807, 2.05) is 18.2 Å². The smallest absolute Gasteiger partial charge is 0.132 e. The number of piperidine rings is 1. The first-order valence-corrected chi connectivity index (χ1v) is 8.56. The summed E-state index contributed by atoms with van der Waals surface area (Å²) in [6, 6.07) is 12.6. The van der Waals surface area contributed by atoms with Crippen LogP contribution in [0.1, 0.15) is 36.6 Å². The highest BCUT2D eigenvalue weighted by molar-refractivity contribution is 5.39. The first-order chi connectivity index (χ1) is 11.8. The van der Waals surface area contributed by atoms with E-state index in [9.17, 15) is 0 Å². The molecule has 1 fully saturated rings. The lowest BCUT2D eigenvalue weighted by molar-refractivity contribution is 0.412. The molecule has 1 aromatic heterocycles. The van der Waals surface area contributed by atoms with Gasteiger partial charge in [-0.2, -0.15) is 5.26 Å². The Morgan fingerprint density at radius 1 is 1.25 bits per heavy atom. The number of aryl methyl sites for hydroxylation is 1. The summed E-state index contributed by atoms with van der Waals surface area (Å²) >= 11 is 0. The van der Waals surface area contributed by atoms with Gasteiger partial charge in [0.05, 0.1) is 11.6 Å². The van der Waals surface area contributed by atoms with Crippen LogP contribution in [-0.4, -0.2) is 29.1 Å². The van der Waals surface area contributed by atoms with Gasteiger partial charge in [-0.3, -0.25) is 0 Å². The lowest BCUT2D eigenvalue weighted by Gasteiger charge is -2.33. The van der Waals surface area contributed by atoms with Crippen molar-refractivity contribution in [3.05, 3.63) is 53.5 Å². The molecule has 1 aliphatic heterocycles. The molecule has 1 aliphatic rings. The number of hydrogen-bond acceptors (Lipinski definition) is 5. The fourth-order valence-electron chi connectivity index (χ4n) is 3.08. The molecule has 0 saturated carbocycles. The van der Waals surface area contributed by atoms with Crippen LogP contribution in [0.3, 0.4) is 0 Å². The van der Waals surface area contributed by atoms with E-state index in [1.165, 1.54) is 5.56 Å². The first kappa shape index (κ1) is 16.4. The standard InChI is InChI=1S/C19H23N5/c1-2-17-11-19(23-14-22-17)24-8-6-18(7-9-24)21-13-16-5-3-4-15(10-16)12-20/h3-5,10-11,14,18,21H,2,6-9,13H2,1H3. The number of hydrogen-bond donors (Lipinski definition) is 1. The number of anilines is 1. The molecule has 124 valence electrons. The van der Waals surface area contributed by atoms with Gasteiger partial charge in [-0.1, -0.05) is 19.1 Å². The largest absolute Gasteiger partial charge is 0.356 e. The second kappa shape index (κ2) is 7.89. The zero-order valence-corrected chi connectivity index (χ0v) is 14.1. The normalized spacial score (nSPS) is 15.2. The summed E-state index contributed by atoms with van der Waals surface area (Å²) in [5.41, 5.74) is 2.98. The quantitative estimate of drug-likeness (QED) is 0.917. The van der Waals surface area contributed by atoms with Crippen molar-refractivity contribution in [2.45, 2.75) is 38.8 Å². The Hall–Kier alpha value is -2.45. The van der Waals surface area contributed by atoms with Crippen LogP contribution < -0.4 is 10.2 Å². The summed E-state index contributed by atoms with van der Waals surface area (Å²) in [5, 5.41) is 12.6. The average molecular weight is 321 g/mol. The Labute approximate surface area is 143 Å². The molecule has 0 spiro atoms. The highest BCUT2D eigenvalue weighted by Crippen LogP contribution is 2.18. The Morgan fingerprint density at radius 3 is 2.83 bits per heavy atom. The molecule has 2 aromatic rings. The fraction of sp³-hybridized carbons (Fsp3) is 0.421. The number of nitriles is 1. The average Bonchev–Trinajstić information content (AvgIpc) is 2.67. The van der Waals surface area contributed by atoms with E-state index < -0.39 is 0 Å². The van der Waals surface area contributed by atoms with Gasteiger partial charge in [0, 0.05) is 37.4 Å². The first-order valence-electron chi connectivity index (χ1n) is 8.56. The van der Waals surface area contributed by atoms with E-state index >= 15 is 0 Å². The van der Waals surface area contributed by atoms with E-state index in [-0.39, 0.29) is 0 Å². The van der Waals surface area contributed by atoms with Crippen molar-refractivity contribution in [3.8, 4) is 6.07 Å². The fourth-order valence-corrected chi connectivity index (χ4v) is 3.08. The van der Waals surface area contributed by atoms with Gasteiger partial charge in [0.25, 0.3) is 0 Å². The summed E-state index contributed by atoms with van der Waals surface area (Å²) in [7, 11) is 0. The molecular weight excluding hydrogens is 298 g/mol. The van der Waals surface area contributed by atoms with Crippen LogP contribution in [0.4, 0.5) is 5.82 Å². The molecular formula is C19H23N5. The molecule has 0 bridgehead atoms. The second-order valence-electron chi connectivity index (χ2n) is 6.18. The minimum absolute atomic E-state index is 0.513. The lowest BCUT2D eigenvalue weighted by atomic mass is 10.0. The molecule has 0 atom stereocenters. The SMILES string of the molecule is CCc1cc(N2CCC(NCc3cccc(C#N)c3)CC2)ncn1. The third-order valence-electron chi connectivity index (χ3n) is 4.54. The third-order valence-corrected chi connectivity index (χ3v) is 4.54. The molecule has 1 saturated heterocycles. The number of aromatic nitrogens is 2. The predicted octanol–water partition coefficient (Wildman–Crippen LogP) is 2.67. The Kier molecular flexibility index (Phi) is 5.39. The van der Waals surface area contributed by atoms with Crippen LogP contribution in [0.15, 0.2) is 36.7 Å². The molecule has 1 aromatic carbocycles. The maximum atomic E-state index is 8.97. The van der Waals surface area contributed by atoms with Gasteiger partial charge < -0.3 is 10.2 Å².